The maximum atomic E-state index is 5.63. The van der Waals surface area contributed by atoms with Crippen molar-refractivity contribution in [1.82, 2.24) is 14.7 Å². The summed E-state index contributed by atoms with van der Waals surface area (Å²) >= 11 is 0. The Bertz CT molecular complexity index is 363. The van der Waals surface area contributed by atoms with Crippen LogP contribution in [0.1, 0.15) is 25.2 Å². The van der Waals surface area contributed by atoms with Crippen LogP contribution in [0.15, 0.2) is 6.07 Å². The molecule has 0 amide bonds. The van der Waals surface area contributed by atoms with Crippen LogP contribution in [0.5, 0.6) is 0 Å². The summed E-state index contributed by atoms with van der Waals surface area (Å²) in [5.41, 5.74) is 7.93. The van der Waals surface area contributed by atoms with Gasteiger partial charge in [-0.2, -0.15) is 5.10 Å². The molecule has 1 aromatic heterocycles. The van der Waals surface area contributed by atoms with Crippen LogP contribution in [0.4, 0.5) is 0 Å². The zero-order chi connectivity index (χ0) is 12.3. The SMILES string of the molecule is CCOCc1cc2n(n1)C[C@@H](C)N(CCN)C2. The second kappa shape index (κ2) is 5.62. The van der Waals surface area contributed by atoms with Crippen molar-refractivity contribution >= 4 is 0 Å². The van der Waals surface area contributed by atoms with Gasteiger partial charge in [0.05, 0.1) is 24.5 Å². The van der Waals surface area contributed by atoms with Crippen LogP contribution in [0, 0.1) is 0 Å². The van der Waals surface area contributed by atoms with E-state index in [0.717, 1.165) is 31.9 Å². The fourth-order valence-electron chi connectivity index (χ4n) is 2.27. The van der Waals surface area contributed by atoms with Crippen molar-refractivity contribution in [3.8, 4) is 0 Å². The number of nitrogens with two attached hydrogens (primary N) is 1. The summed E-state index contributed by atoms with van der Waals surface area (Å²) in [5.74, 6) is 0. The number of rotatable bonds is 5. The topological polar surface area (TPSA) is 56.3 Å². The fraction of sp³-hybridized carbons (Fsp3) is 0.750. The van der Waals surface area contributed by atoms with Crippen LogP contribution in [0.3, 0.4) is 0 Å². The molecule has 5 nitrogen and oxygen atoms in total. The van der Waals surface area contributed by atoms with Gasteiger partial charge in [0, 0.05) is 32.3 Å². The molecule has 2 rings (SSSR count). The lowest BCUT2D eigenvalue weighted by molar-refractivity contribution is 0.129. The number of hydrogen-bond acceptors (Lipinski definition) is 4. The second-order valence-corrected chi connectivity index (χ2v) is 4.55. The van der Waals surface area contributed by atoms with Crippen LogP contribution < -0.4 is 5.73 Å². The smallest absolute Gasteiger partial charge is 0.0906 e. The maximum Gasteiger partial charge on any atom is 0.0906 e. The van der Waals surface area contributed by atoms with E-state index in [1.54, 1.807) is 0 Å². The van der Waals surface area contributed by atoms with E-state index in [0.29, 0.717) is 19.2 Å². The Morgan fingerprint density at radius 1 is 1.59 bits per heavy atom. The summed E-state index contributed by atoms with van der Waals surface area (Å²) in [4.78, 5) is 2.40. The first kappa shape index (κ1) is 12.5. The van der Waals surface area contributed by atoms with E-state index in [4.69, 9.17) is 10.5 Å². The molecule has 96 valence electrons. The highest BCUT2D eigenvalue weighted by Crippen LogP contribution is 2.18. The third kappa shape index (κ3) is 2.86. The summed E-state index contributed by atoms with van der Waals surface area (Å²) in [7, 11) is 0. The van der Waals surface area contributed by atoms with Crippen LogP contribution in [-0.4, -0.2) is 40.4 Å². The molecule has 0 unspecified atom stereocenters. The van der Waals surface area contributed by atoms with Crippen molar-refractivity contribution in [3.63, 3.8) is 0 Å². The highest BCUT2D eigenvalue weighted by atomic mass is 16.5. The molecule has 1 aliphatic heterocycles. The van der Waals surface area contributed by atoms with Crippen molar-refractivity contribution in [3.05, 3.63) is 17.5 Å². The molecule has 0 aromatic carbocycles. The minimum Gasteiger partial charge on any atom is -0.375 e. The van der Waals surface area contributed by atoms with Crippen LogP contribution in [0.25, 0.3) is 0 Å². The molecule has 1 atom stereocenters. The Morgan fingerprint density at radius 2 is 2.41 bits per heavy atom. The lowest BCUT2D eigenvalue weighted by Gasteiger charge is -2.33. The quantitative estimate of drug-likeness (QED) is 0.815. The fourth-order valence-corrected chi connectivity index (χ4v) is 2.27. The molecule has 0 saturated heterocycles. The Labute approximate surface area is 103 Å². The van der Waals surface area contributed by atoms with E-state index in [1.165, 1.54) is 5.69 Å². The monoisotopic (exact) mass is 238 g/mol. The van der Waals surface area contributed by atoms with Gasteiger partial charge in [-0.1, -0.05) is 0 Å². The van der Waals surface area contributed by atoms with Gasteiger partial charge in [0.1, 0.15) is 0 Å². The van der Waals surface area contributed by atoms with Crippen molar-refractivity contribution in [1.29, 1.82) is 0 Å². The second-order valence-electron chi connectivity index (χ2n) is 4.55. The number of nitrogens with zero attached hydrogens (tertiary/aromatic N) is 3. The standard InChI is InChI=1S/C12H22N4O/c1-3-17-9-11-6-12-8-15(5-4-13)10(2)7-16(12)14-11/h6,10H,3-5,7-9,13H2,1-2H3/t10-/m1/s1. The normalized spacial score (nSPS) is 20.5. The highest BCUT2D eigenvalue weighted by Gasteiger charge is 2.23. The Morgan fingerprint density at radius 3 is 3.12 bits per heavy atom. The molecular weight excluding hydrogens is 216 g/mol. The first-order chi connectivity index (χ1) is 8.24. The van der Waals surface area contributed by atoms with Gasteiger partial charge in [-0.25, -0.2) is 0 Å². The molecular formula is C12H22N4O. The Kier molecular flexibility index (Phi) is 4.15. The van der Waals surface area contributed by atoms with Gasteiger partial charge >= 0.3 is 0 Å². The van der Waals surface area contributed by atoms with Crippen molar-refractivity contribution in [2.24, 2.45) is 5.73 Å². The maximum absolute atomic E-state index is 5.63. The van der Waals surface area contributed by atoms with E-state index in [9.17, 15) is 0 Å². The lowest BCUT2D eigenvalue weighted by Crippen LogP contribution is -2.43. The van der Waals surface area contributed by atoms with E-state index < -0.39 is 0 Å². The average Bonchev–Trinajstić information content (AvgIpc) is 2.69. The first-order valence-corrected chi connectivity index (χ1v) is 6.32. The zero-order valence-electron chi connectivity index (χ0n) is 10.7. The number of hydrogen-bond donors (Lipinski definition) is 1. The molecule has 0 radical (unpaired) electrons. The van der Waals surface area contributed by atoms with Crippen molar-refractivity contribution in [2.45, 2.75) is 39.6 Å². The molecule has 5 heteroatoms. The van der Waals surface area contributed by atoms with Gasteiger partial charge in [0.15, 0.2) is 0 Å². The van der Waals surface area contributed by atoms with Gasteiger partial charge in [-0.15, -0.1) is 0 Å². The zero-order valence-corrected chi connectivity index (χ0v) is 10.7. The number of aromatic nitrogens is 2. The summed E-state index contributed by atoms with van der Waals surface area (Å²) < 4.78 is 7.49. The third-order valence-corrected chi connectivity index (χ3v) is 3.21. The van der Waals surface area contributed by atoms with Gasteiger partial charge in [-0.3, -0.25) is 9.58 Å². The highest BCUT2D eigenvalue weighted by molar-refractivity contribution is 5.12. The van der Waals surface area contributed by atoms with Crippen molar-refractivity contribution in [2.75, 3.05) is 19.7 Å². The van der Waals surface area contributed by atoms with Crippen LogP contribution >= 0.6 is 0 Å². The molecule has 0 fully saturated rings. The van der Waals surface area contributed by atoms with Gasteiger partial charge in [-0.05, 0) is 19.9 Å². The third-order valence-electron chi connectivity index (χ3n) is 3.21. The minimum absolute atomic E-state index is 0.505. The molecule has 2 heterocycles. The predicted molar refractivity (Wildman–Crippen MR) is 66.5 cm³/mol. The van der Waals surface area contributed by atoms with Crippen molar-refractivity contribution < 1.29 is 4.74 Å². The Hall–Kier alpha value is -0.910. The van der Waals surface area contributed by atoms with Crippen LogP contribution in [-0.2, 0) is 24.4 Å². The summed E-state index contributed by atoms with van der Waals surface area (Å²) in [6.07, 6.45) is 0. The van der Waals surface area contributed by atoms with E-state index in [-0.39, 0.29) is 0 Å². The lowest BCUT2D eigenvalue weighted by atomic mass is 10.2. The van der Waals surface area contributed by atoms with Gasteiger partial charge in [0.25, 0.3) is 0 Å². The minimum atomic E-state index is 0.505. The summed E-state index contributed by atoms with van der Waals surface area (Å²) in [6, 6.07) is 2.65. The first-order valence-electron chi connectivity index (χ1n) is 6.32. The Balaban J connectivity index is 2.06. The molecule has 0 bridgehead atoms. The number of ether oxygens (including phenoxy) is 1. The van der Waals surface area contributed by atoms with Gasteiger partial charge < -0.3 is 10.5 Å². The molecule has 1 aromatic rings. The molecule has 0 saturated carbocycles. The molecule has 0 aliphatic carbocycles. The largest absolute Gasteiger partial charge is 0.375 e. The molecule has 2 N–H and O–H groups in total. The average molecular weight is 238 g/mol. The van der Waals surface area contributed by atoms with E-state index in [2.05, 4.69) is 27.7 Å². The van der Waals surface area contributed by atoms with E-state index >= 15 is 0 Å². The van der Waals surface area contributed by atoms with E-state index in [1.807, 2.05) is 6.92 Å². The van der Waals surface area contributed by atoms with Crippen LogP contribution in [0.2, 0.25) is 0 Å². The molecule has 1 aliphatic rings. The summed E-state index contributed by atoms with van der Waals surface area (Å²) in [5, 5.41) is 4.57. The van der Waals surface area contributed by atoms with Gasteiger partial charge in [0.2, 0.25) is 0 Å². The predicted octanol–water partition coefficient (Wildman–Crippen LogP) is 0.582. The molecule has 0 spiro atoms. The molecule has 17 heavy (non-hydrogen) atoms. The number of fused-ring (bicyclic) bond motifs is 1. The summed E-state index contributed by atoms with van der Waals surface area (Å²) in [6.45, 7) is 9.12.